The standard InChI is InChI=1S/C65H109NO30/c1-10-40(70)66-19-20-86-24-33-43(73)48(78)54(84)59(91-33)96-55-50(80)45(75)35(26-88-57-52(82)47(77)42(72)32(23-68)90-57)93-60(55)95-39(62(5,6)85)15-11-27(2)28-17-18-63(7)36-14-12-29-30(65(36,9)37(69)21-64(28,63)8)13-16-38(61(29,3)4)94-58-53(83)49(79)44(74)34(92-58)25-87-56-51(81)46(76)41(71)31(22-67)89-56/h10,12,27-28,30-39,41-60,67-69,71-85H,1,11,13-26H2,2-9H3,(H,66,70)/t27-,28-,30-,31-,32-,33-,34-,35-,36+,37-,38+,39-,41-,42-,43-,44-,45-,46+,47+,48+,49+,50+,51-,52-,53-,54-,55-,56-,57-,58+,59+,60+,63+,64-,65+/m1/s1. The number of hydrogen-bond acceptors (Lipinski definition) is 30. The number of rotatable bonds is 25. The van der Waals surface area contributed by atoms with Gasteiger partial charge in [0.2, 0.25) is 5.91 Å². The molecule has 4 aliphatic carbocycles. The van der Waals surface area contributed by atoms with Crippen LogP contribution in [-0.4, -0.2) is 321 Å². The van der Waals surface area contributed by atoms with Crippen molar-refractivity contribution in [1.82, 2.24) is 5.32 Å². The van der Waals surface area contributed by atoms with Crippen LogP contribution in [0.15, 0.2) is 24.3 Å². The average molecular weight is 1380 g/mol. The van der Waals surface area contributed by atoms with Gasteiger partial charge in [0.05, 0.1) is 63.6 Å². The number of aliphatic hydroxyl groups excluding tert-OH is 17. The number of hydrogen-bond donors (Lipinski definition) is 19. The Morgan fingerprint density at radius 1 is 0.615 bits per heavy atom. The Bertz CT molecular complexity index is 2580. The van der Waals surface area contributed by atoms with Crippen LogP contribution in [-0.2, 0) is 56.9 Å². The molecule has 9 aliphatic rings. The summed E-state index contributed by atoms with van der Waals surface area (Å²) in [6, 6.07) is 0. The molecule has 5 saturated heterocycles. The summed E-state index contributed by atoms with van der Waals surface area (Å²) in [4.78, 5) is 11.6. The van der Waals surface area contributed by atoms with Crippen LogP contribution in [0, 0.1) is 45.3 Å². The van der Waals surface area contributed by atoms with Gasteiger partial charge in [-0.2, -0.15) is 0 Å². The SMILES string of the molecule is C=CC(=O)NCCOC[C@H]1O[C@@H](O[C@H]2[C@H](O[C@H](CC[C@@H](C)[C@H]3CC[C@@]4(C)[C@@H]5CC=C6[C@@H](CC[C@H](O[C@@H]7O[C@H](CO[C@@H]8O[C@H](CO)[C@@H](O)[C@H](O)[C@H]8O)[C@@H](O)[C@H](O)[C@H]7O)C6(C)C)[C@]5(C)[C@H](O)C[C@]34C)C(C)(C)O)O[C@H](CO[C@@H]3O[C@H](CO)[C@@H](O)[C@H](O)[C@H]3O)[C@@H](O)[C@@H]2O)[C@H](O)[C@@H](O)[C@@H]1O. The van der Waals surface area contributed by atoms with E-state index < -0.39 is 226 Å². The van der Waals surface area contributed by atoms with Gasteiger partial charge in [-0.3, -0.25) is 4.79 Å². The normalized spacial score (nSPS) is 48.8. The number of carbonyl (C=O) groups excluding carboxylic acids is 1. The van der Waals surface area contributed by atoms with Crippen molar-refractivity contribution in [2.45, 2.75) is 284 Å². The van der Waals surface area contributed by atoms with Gasteiger partial charge in [-0.25, -0.2) is 0 Å². The Hall–Kier alpha value is -2.21. The molecule has 31 heteroatoms. The van der Waals surface area contributed by atoms with Gasteiger partial charge in [-0.05, 0) is 106 Å². The first kappa shape index (κ1) is 77.9. The molecule has 0 unspecified atom stereocenters. The molecule has 3 saturated carbocycles. The van der Waals surface area contributed by atoms with Gasteiger partial charge in [0, 0.05) is 17.4 Å². The molecule has 0 spiro atoms. The van der Waals surface area contributed by atoms with E-state index in [0.717, 1.165) is 24.5 Å². The van der Waals surface area contributed by atoms with Crippen LogP contribution in [0.5, 0.6) is 0 Å². The largest absolute Gasteiger partial charge is 0.394 e. The lowest BCUT2D eigenvalue weighted by atomic mass is 9.38. The van der Waals surface area contributed by atoms with Gasteiger partial charge < -0.3 is 149 Å². The highest BCUT2D eigenvalue weighted by molar-refractivity contribution is 5.86. The van der Waals surface area contributed by atoms with Gasteiger partial charge in [0.15, 0.2) is 31.5 Å². The van der Waals surface area contributed by atoms with Gasteiger partial charge in [-0.1, -0.05) is 59.8 Å². The zero-order valence-corrected chi connectivity index (χ0v) is 55.9. The van der Waals surface area contributed by atoms with E-state index in [1.54, 1.807) is 0 Å². The maximum atomic E-state index is 12.9. The Kier molecular flexibility index (Phi) is 25.2. The van der Waals surface area contributed by atoms with Gasteiger partial charge in [0.25, 0.3) is 0 Å². The summed E-state index contributed by atoms with van der Waals surface area (Å²) in [6.07, 6.45) is -36.6. The summed E-state index contributed by atoms with van der Waals surface area (Å²) in [5, 5.41) is 200. The van der Waals surface area contributed by atoms with E-state index in [9.17, 15) is 96.7 Å². The molecular weight excluding hydrogens is 1270 g/mol. The van der Waals surface area contributed by atoms with E-state index in [4.69, 9.17) is 52.1 Å². The topological polar surface area (TPSA) is 495 Å². The summed E-state index contributed by atoms with van der Waals surface area (Å²) >= 11 is 0. The second-order valence-electron chi connectivity index (χ2n) is 30.1. The van der Waals surface area contributed by atoms with Crippen LogP contribution >= 0.6 is 0 Å². The highest BCUT2D eigenvalue weighted by atomic mass is 16.8. The molecule has 5 heterocycles. The van der Waals surface area contributed by atoms with Crippen molar-refractivity contribution in [2.24, 2.45) is 45.3 Å². The third kappa shape index (κ3) is 15.0. The lowest BCUT2D eigenvalue weighted by Crippen LogP contribution is -2.65. The highest BCUT2D eigenvalue weighted by Crippen LogP contribution is 2.75. The molecule has 9 rings (SSSR count). The van der Waals surface area contributed by atoms with E-state index in [2.05, 4.69) is 45.7 Å². The Balaban J connectivity index is 0.887. The minimum Gasteiger partial charge on any atom is -0.394 e. The molecule has 8 fully saturated rings. The number of allylic oxidation sites excluding steroid dienone is 1. The van der Waals surface area contributed by atoms with Crippen LogP contribution in [0.3, 0.4) is 0 Å². The van der Waals surface area contributed by atoms with Crippen molar-refractivity contribution in [3.63, 3.8) is 0 Å². The molecule has 554 valence electrons. The maximum absolute atomic E-state index is 12.9. The molecule has 0 aromatic rings. The van der Waals surface area contributed by atoms with Gasteiger partial charge >= 0.3 is 0 Å². The van der Waals surface area contributed by atoms with E-state index in [1.165, 1.54) is 13.8 Å². The maximum Gasteiger partial charge on any atom is 0.243 e. The van der Waals surface area contributed by atoms with Crippen molar-refractivity contribution >= 4 is 5.91 Å². The van der Waals surface area contributed by atoms with Crippen LogP contribution in [0.1, 0.15) is 107 Å². The first-order chi connectivity index (χ1) is 45.0. The zero-order chi connectivity index (χ0) is 70.6. The zero-order valence-electron chi connectivity index (χ0n) is 55.9. The number of amides is 1. The molecule has 96 heavy (non-hydrogen) atoms. The number of carbonyl (C=O) groups is 1. The van der Waals surface area contributed by atoms with E-state index >= 15 is 0 Å². The third-order valence-electron chi connectivity index (χ3n) is 23.7. The number of nitrogens with one attached hydrogen (secondary N) is 1. The molecule has 31 nitrogen and oxygen atoms in total. The third-order valence-corrected chi connectivity index (χ3v) is 23.7. The first-order valence-electron chi connectivity index (χ1n) is 33.8. The van der Waals surface area contributed by atoms with Crippen LogP contribution in [0.2, 0.25) is 0 Å². The fourth-order valence-electron chi connectivity index (χ4n) is 17.5. The van der Waals surface area contributed by atoms with Crippen LogP contribution in [0.25, 0.3) is 0 Å². The highest BCUT2D eigenvalue weighted by Gasteiger charge is 2.71. The summed E-state index contributed by atoms with van der Waals surface area (Å²) < 4.78 is 65.7. The lowest BCUT2D eigenvalue weighted by molar-refractivity contribution is -0.380. The second kappa shape index (κ2) is 31.0. The molecule has 0 bridgehead atoms. The van der Waals surface area contributed by atoms with Crippen molar-refractivity contribution in [3.8, 4) is 0 Å². The van der Waals surface area contributed by atoms with Crippen molar-refractivity contribution < 1.29 is 149 Å². The van der Waals surface area contributed by atoms with Crippen LogP contribution < -0.4 is 5.32 Å². The van der Waals surface area contributed by atoms with Gasteiger partial charge in [0.1, 0.15) is 122 Å². The van der Waals surface area contributed by atoms with E-state index in [1.807, 2.05) is 13.8 Å². The number of aliphatic hydroxyl groups is 18. The molecule has 0 aromatic heterocycles. The average Bonchev–Trinajstić information content (AvgIpc) is 1.29. The smallest absolute Gasteiger partial charge is 0.243 e. The molecule has 0 aromatic carbocycles. The summed E-state index contributed by atoms with van der Waals surface area (Å²) in [5.41, 5.74) is -2.57. The van der Waals surface area contributed by atoms with Crippen molar-refractivity contribution in [2.75, 3.05) is 46.2 Å². The Morgan fingerprint density at radius 2 is 1.09 bits per heavy atom. The lowest BCUT2D eigenvalue weighted by Gasteiger charge is -2.67. The summed E-state index contributed by atoms with van der Waals surface area (Å²) in [7, 11) is 0. The predicted octanol–water partition coefficient (Wildman–Crippen LogP) is -5.08. The Labute approximate surface area is 558 Å². The monoisotopic (exact) mass is 1380 g/mol. The molecule has 19 N–H and O–H groups in total. The summed E-state index contributed by atoms with van der Waals surface area (Å²) in [5.74, 6) is -0.531. The fourth-order valence-corrected chi connectivity index (χ4v) is 17.5. The van der Waals surface area contributed by atoms with E-state index in [0.29, 0.717) is 32.1 Å². The van der Waals surface area contributed by atoms with Gasteiger partial charge in [-0.15, -0.1) is 0 Å². The molecule has 35 atom stereocenters. The summed E-state index contributed by atoms with van der Waals surface area (Å²) in [6.45, 7) is 16.4. The second-order valence-corrected chi connectivity index (χ2v) is 30.1. The molecule has 0 radical (unpaired) electrons. The first-order valence-corrected chi connectivity index (χ1v) is 33.8. The molecule has 1 amide bonds. The van der Waals surface area contributed by atoms with Crippen molar-refractivity contribution in [3.05, 3.63) is 24.3 Å². The predicted molar refractivity (Wildman–Crippen MR) is 327 cm³/mol. The van der Waals surface area contributed by atoms with Crippen molar-refractivity contribution in [1.29, 1.82) is 0 Å². The van der Waals surface area contributed by atoms with E-state index in [-0.39, 0.29) is 55.3 Å². The van der Waals surface area contributed by atoms with Crippen LogP contribution in [0.4, 0.5) is 0 Å². The number of fused-ring (bicyclic) bond motifs is 5. The fraction of sp³-hybridized carbons (Fsp3) is 0.923. The molecule has 5 aliphatic heterocycles. The number of ether oxygens (including phenoxy) is 11. The minimum atomic E-state index is -1.98. The minimum absolute atomic E-state index is 0.0188. The molecular formula is C65H109NO30. The quantitative estimate of drug-likeness (QED) is 0.0231. The Morgan fingerprint density at radius 3 is 1.61 bits per heavy atom.